The van der Waals surface area contributed by atoms with Crippen LogP contribution in [0, 0.1) is 5.92 Å². The maximum absolute atomic E-state index is 12.6. The summed E-state index contributed by atoms with van der Waals surface area (Å²) in [5.41, 5.74) is -0.770. The van der Waals surface area contributed by atoms with Gasteiger partial charge in [0.15, 0.2) is 0 Å². The molecule has 0 atom stereocenters. The lowest BCUT2D eigenvalue weighted by Gasteiger charge is -2.33. The van der Waals surface area contributed by atoms with E-state index >= 15 is 0 Å². The van der Waals surface area contributed by atoms with Crippen molar-refractivity contribution in [1.29, 1.82) is 0 Å². The van der Waals surface area contributed by atoms with Crippen molar-refractivity contribution >= 4 is 17.8 Å². The third kappa shape index (κ3) is 3.24. The zero-order chi connectivity index (χ0) is 16.3. The number of likely N-dealkylation sites (N-methyl/N-ethyl adjacent to an activating group) is 2. The van der Waals surface area contributed by atoms with Crippen molar-refractivity contribution in [2.24, 2.45) is 5.92 Å². The number of hydrogen-bond donors (Lipinski definition) is 2. The van der Waals surface area contributed by atoms with E-state index in [1.165, 1.54) is 4.90 Å². The number of rotatable bonds is 5. The van der Waals surface area contributed by atoms with Crippen LogP contribution in [0.4, 0.5) is 4.79 Å². The van der Waals surface area contributed by atoms with Gasteiger partial charge in [-0.05, 0) is 38.6 Å². The highest BCUT2D eigenvalue weighted by Crippen LogP contribution is 2.36. The molecular weight excluding hydrogens is 284 g/mol. The summed E-state index contributed by atoms with van der Waals surface area (Å²) in [7, 11) is 3.49. The molecule has 1 saturated carbocycles. The molecular formula is C15H26N4O3. The van der Waals surface area contributed by atoms with Gasteiger partial charge >= 0.3 is 6.03 Å². The normalized spacial score (nSPS) is 28.1. The number of carbonyl (C=O) groups is 3. The molecule has 0 aromatic heterocycles. The maximum atomic E-state index is 12.6. The van der Waals surface area contributed by atoms with Gasteiger partial charge in [-0.15, -0.1) is 0 Å². The van der Waals surface area contributed by atoms with Gasteiger partial charge in [0.25, 0.3) is 5.91 Å². The highest BCUT2D eigenvalue weighted by molar-refractivity contribution is 6.09. The highest BCUT2D eigenvalue weighted by atomic mass is 16.2. The van der Waals surface area contributed by atoms with Crippen molar-refractivity contribution in [3.8, 4) is 0 Å². The number of carbonyl (C=O) groups excluding carboxylic acids is 3. The molecule has 2 rings (SSSR count). The molecule has 22 heavy (non-hydrogen) atoms. The first-order valence-electron chi connectivity index (χ1n) is 7.92. The van der Waals surface area contributed by atoms with Crippen molar-refractivity contribution < 1.29 is 14.4 Å². The van der Waals surface area contributed by atoms with Crippen molar-refractivity contribution in [2.75, 3.05) is 33.7 Å². The summed E-state index contributed by atoms with van der Waals surface area (Å²) in [6, 6.07) is -0.435. The van der Waals surface area contributed by atoms with Crippen LogP contribution in [0.3, 0.4) is 0 Å². The fraction of sp³-hybridized carbons (Fsp3) is 0.800. The van der Waals surface area contributed by atoms with E-state index in [9.17, 15) is 14.4 Å². The smallest absolute Gasteiger partial charge is 0.325 e. The predicted molar refractivity (Wildman–Crippen MR) is 82.2 cm³/mol. The van der Waals surface area contributed by atoms with Crippen LogP contribution in [-0.2, 0) is 9.59 Å². The van der Waals surface area contributed by atoms with Gasteiger partial charge in [0.2, 0.25) is 5.91 Å². The molecule has 0 bridgehead atoms. The molecule has 0 unspecified atom stereocenters. The zero-order valence-electron chi connectivity index (χ0n) is 13.6. The van der Waals surface area contributed by atoms with Crippen molar-refractivity contribution in [3.63, 3.8) is 0 Å². The summed E-state index contributed by atoms with van der Waals surface area (Å²) >= 11 is 0. The van der Waals surface area contributed by atoms with Crippen LogP contribution in [0.1, 0.15) is 32.6 Å². The quantitative estimate of drug-likeness (QED) is 0.709. The Bertz CT molecular complexity index is 458. The second-order valence-corrected chi connectivity index (χ2v) is 6.50. The number of nitrogens with zero attached hydrogens (tertiary/aromatic N) is 2. The second-order valence-electron chi connectivity index (χ2n) is 6.50. The number of nitrogens with one attached hydrogen (secondary N) is 2. The van der Waals surface area contributed by atoms with Gasteiger partial charge < -0.3 is 15.5 Å². The molecule has 4 amide bonds. The average molecular weight is 310 g/mol. The summed E-state index contributed by atoms with van der Waals surface area (Å²) in [4.78, 5) is 39.5. The van der Waals surface area contributed by atoms with Gasteiger partial charge in [0, 0.05) is 20.1 Å². The van der Waals surface area contributed by atoms with Gasteiger partial charge in [-0.1, -0.05) is 6.92 Å². The third-order valence-corrected chi connectivity index (χ3v) is 4.79. The summed E-state index contributed by atoms with van der Waals surface area (Å²) < 4.78 is 0. The molecule has 2 N–H and O–H groups in total. The maximum Gasteiger partial charge on any atom is 0.325 e. The van der Waals surface area contributed by atoms with Crippen LogP contribution in [0.2, 0.25) is 0 Å². The fourth-order valence-electron chi connectivity index (χ4n) is 3.07. The zero-order valence-corrected chi connectivity index (χ0v) is 13.6. The van der Waals surface area contributed by atoms with Crippen LogP contribution >= 0.6 is 0 Å². The molecule has 1 saturated heterocycles. The molecule has 1 aliphatic carbocycles. The van der Waals surface area contributed by atoms with Gasteiger partial charge in [-0.2, -0.15) is 0 Å². The Morgan fingerprint density at radius 3 is 2.64 bits per heavy atom. The van der Waals surface area contributed by atoms with Gasteiger partial charge in [-0.25, -0.2) is 4.79 Å². The first kappa shape index (κ1) is 16.7. The van der Waals surface area contributed by atoms with E-state index in [1.54, 1.807) is 7.05 Å². The standard InChI is InChI=1S/C15H26N4O3/c1-11-4-6-15(7-5-11)13(21)19(14(22)17-15)10-12(20)18(3)9-8-16-2/h11,16H,4-10H2,1-3H3,(H,17,22). The van der Waals surface area contributed by atoms with Gasteiger partial charge in [-0.3, -0.25) is 14.5 Å². The van der Waals surface area contributed by atoms with E-state index in [2.05, 4.69) is 17.6 Å². The van der Waals surface area contributed by atoms with Crippen molar-refractivity contribution in [3.05, 3.63) is 0 Å². The minimum Gasteiger partial charge on any atom is -0.343 e. The summed E-state index contributed by atoms with van der Waals surface area (Å²) in [6.45, 7) is 3.19. The molecule has 2 aliphatic rings. The molecule has 124 valence electrons. The summed E-state index contributed by atoms with van der Waals surface area (Å²) in [5.74, 6) is 0.124. The third-order valence-electron chi connectivity index (χ3n) is 4.79. The number of urea groups is 1. The second kappa shape index (κ2) is 6.64. The molecule has 1 heterocycles. The lowest BCUT2D eigenvalue weighted by atomic mass is 9.77. The van der Waals surface area contributed by atoms with E-state index in [0.717, 1.165) is 17.7 Å². The summed E-state index contributed by atoms with van der Waals surface area (Å²) in [6.07, 6.45) is 3.18. The van der Waals surface area contributed by atoms with E-state index in [0.29, 0.717) is 31.8 Å². The van der Waals surface area contributed by atoms with Crippen LogP contribution < -0.4 is 10.6 Å². The van der Waals surface area contributed by atoms with E-state index < -0.39 is 11.6 Å². The first-order chi connectivity index (χ1) is 10.4. The van der Waals surface area contributed by atoms with Crippen molar-refractivity contribution in [2.45, 2.75) is 38.1 Å². The Morgan fingerprint density at radius 1 is 1.41 bits per heavy atom. The van der Waals surface area contributed by atoms with E-state index in [1.807, 2.05) is 7.05 Å². The topological polar surface area (TPSA) is 81.8 Å². The molecule has 1 spiro atoms. The van der Waals surface area contributed by atoms with Crippen LogP contribution in [0.5, 0.6) is 0 Å². The minimum atomic E-state index is -0.770. The monoisotopic (exact) mass is 310 g/mol. The Morgan fingerprint density at radius 2 is 2.05 bits per heavy atom. The fourth-order valence-corrected chi connectivity index (χ4v) is 3.07. The minimum absolute atomic E-state index is 0.178. The Kier molecular flexibility index (Phi) is 5.05. The highest BCUT2D eigenvalue weighted by Gasteiger charge is 2.52. The van der Waals surface area contributed by atoms with Crippen LogP contribution in [-0.4, -0.2) is 66.9 Å². The molecule has 1 aliphatic heterocycles. The molecule has 2 fully saturated rings. The number of amides is 4. The van der Waals surface area contributed by atoms with Gasteiger partial charge in [0.1, 0.15) is 12.1 Å². The van der Waals surface area contributed by atoms with Gasteiger partial charge in [0.05, 0.1) is 0 Å². The SMILES string of the molecule is CNCCN(C)C(=O)CN1C(=O)NC2(CCC(C)CC2)C1=O. The average Bonchev–Trinajstić information content (AvgIpc) is 2.72. The number of hydrogen-bond acceptors (Lipinski definition) is 4. The Balaban J connectivity index is 1.99. The lowest BCUT2D eigenvalue weighted by molar-refractivity contribution is -0.139. The predicted octanol–water partition coefficient (Wildman–Crippen LogP) is 0.165. The van der Waals surface area contributed by atoms with E-state index in [-0.39, 0.29) is 18.4 Å². The Hall–Kier alpha value is -1.63. The first-order valence-corrected chi connectivity index (χ1v) is 7.92. The molecule has 0 aromatic carbocycles. The summed E-state index contributed by atoms with van der Waals surface area (Å²) in [5, 5.41) is 5.79. The number of imide groups is 1. The molecule has 7 nitrogen and oxygen atoms in total. The molecule has 7 heteroatoms. The Labute approximate surface area is 131 Å². The molecule has 0 aromatic rings. The van der Waals surface area contributed by atoms with E-state index in [4.69, 9.17) is 0 Å². The largest absolute Gasteiger partial charge is 0.343 e. The van der Waals surface area contributed by atoms with Crippen LogP contribution in [0.25, 0.3) is 0 Å². The van der Waals surface area contributed by atoms with Crippen molar-refractivity contribution in [1.82, 2.24) is 20.4 Å². The lowest BCUT2D eigenvalue weighted by Crippen LogP contribution is -2.50. The van der Waals surface area contributed by atoms with Crippen LogP contribution in [0.15, 0.2) is 0 Å². The molecule has 0 radical (unpaired) electrons.